The summed E-state index contributed by atoms with van der Waals surface area (Å²) in [6.45, 7) is 5.40. The Morgan fingerprint density at radius 2 is 1.69 bits per heavy atom. The quantitative estimate of drug-likeness (QED) is 0.514. The second kappa shape index (κ2) is 9.04. The molecule has 10 heteroatoms. The molecule has 0 bridgehead atoms. The summed E-state index contributed by atoms with van der Waals surface area (Å²) in [5.41, 5.74) is 1.53. The lowest BCUT2D eigenvalue weighted by molar-refractivity contribution is -0.137. The summed E-state index contributed by atoms with van der Waals surface area (Å²) >= 11 is 6.25. The van der Waals surface area contributed by atoms with E-state index in [-0.39, 0.29) is 16.5 Å². The number of amides is 2. The monoisotopic (exact) mass is 464 g/mol. The molecule has 0 fully saturated rings. The zero-order valence-electron chi connectivity index (χ0n) is 17.4. The Bertz CT molecular complexity index is 1160. The van der Waals surface area contributed by atoms with E-state index in [9.17, 15) is 22.8 Å². The molecule has 2 N–H and O–H groups in total. The number of hydrogen-bond donors (Lipinski definition) is 2. The van der Waals surface area contributed by atoms with Gasteiger partial charge in [0, 0.05) is 16.9 Å². The lowest BCUT2D eigenvalue weighted by Crippen LogP contribution is -2.25. The number of nitrogens with one attached hydrogen (secondary N) is 2. The van der Waals surface area contributed by atoms with Gasteiger partial charge in [-0.2, -0.15) is 18.3 Å². The third-order valence-electron chi connectivity index (χ3n) is 4.75. The summed E-state index contributed by atoms with van der Waals surface area (Å²) < 4.78 is 39.6. The summed E-state index contributed by atoms with van der Waals surface area (Å²) in [6, 6.07) is 9.64. The van der Waals surface area contributed by atoms with Crippen molar-refractivity contribution < 1.29 is 22.8 Å². The summed E-state index contributed by atoms with van der Waals surface area (Å²) in [6.07, 6.45) is -4.48. The van der Waals surface area contributed by atoms with Crippen LogP contribution < -0.4 is 10.6 Å². The van der Waals surface area contributed by atoms with Gasteiger partial charge in [0.2, 0.25) is 5.91 Å². The number of carbonyl (C=O) groups is 2. The highest BCUT2D eigenvalue weighted by Gasteiger charge is 2.30. The maximum Gasteiger partial charge on any atom is 0.416 e. The number of carbonyl (C=O) groups excluding carboxylic acids is 2. The van der Waals surface area contributed by atoms with Crippen LogP contribution in [-0.2, 0) is 11.0 Å². The molecule has 0 saturated heterocycles. The molecule has 0 aliphatic heterocycles. The molecule has 3 aromatic rings. The average Bonchev–Trinajstić information content (AvgIpc) is 3.06. The van der Waals surface area contributed by atoms with Crippen molar-refractivity contribution in [3.8, 4) is 0 Å². The minimum Gasteiger partial charge on any atom is -0.323 e. The molecule has 1 atom stereocenters. The van der Waals surface area contributed by atoms with Gasteiger partial charge in [-0.15, -0.1) is 0 Å². The molecule has 0 aliphatic rings. The predicted molar refractivity (Wildman–Crippen MR) is 116 cm³/mol. The van der Waals surface area contributed by atoms with E-state index in [4.69, 9.17) is 11.6 Å². The van der Waals surface area contributed by atoms with Crippen LogP contribution in [0.15, 0.2) is 48.5 Å². The van der Waals surface area contributed by atoms with Gasteiger partial charge in [-0.05, 0) is 69.3 Å². The van der Waals surface area contributed by atoms with Crippen LogP contribution in [0.25, 0.3) is 0 Å². The SMILES string of the molecule is Cc1cc(C)n(C(C)C(=O)Nc2ccc(NC(=O)c3ccc(C(F)(F)F)cc3)cc2Cl)n1. The first kappa shape index (κ1) is 23.3. The van der Waals surface area contributed by atoms with Gasteiger partial charge in [0.15, 0.2) is 0 Å². The molecule has 2 amide bonds. The minimum atomic E-state index is -4.48. The average molecular weight is 465 g/mol. The van der Waals surface area contributed by atoms with Gasteiger partial charge in [-0.3, -0.25) is 14.3 Å². The third kappa shape index (κ3) is 5.28. The molecule has 3 rings (SSSR count). The second-order valence-electron chi connectivity index (χ2n) is 7.26. The van der Waals surface area contributed by atoms with E-state index in [1.54, 1.807) is 11.6 Å². The molecule has 0 spiro atoms. The predicted octanol–water partition coefficient (Wildman–Crippen LogP) is 5.62. The van der Waals surface area contributed by atoms with Gasteiger partial charge in [-0.1, -0.05) is 11.6 Å². The summed E-state index contributed by atoms with van der Waals surface area (Å²) in [5.74, 6) is -0.913. The van der Waals surface area contributed by atoms with Crippen molar-refractivity contribution in [2.75, 3.05) is 10.6 Å². The van der Waals surface area contributed by atoms with Gasteiger partial charge in [0.1, 0.15) is 6.04 Å². The first-order valence-corrected chi connectivity index (χ1v) is 9.95. The summed E-state index contributed by atoms with van der Waals surface area (Å²) in [4.78, 5) is 24.9. The normalized spacial score (nSPS) is 12.3. The Labute approximate surface area is 187 Å². The maximum absolute atomic E-state index is 12.7. The van der Waals surface area contributed by atoms with Gasteiger partial charge in [-0.25, -0.2) is 0 Å². The van der Waals surface area contributed by atoms with Crippen LogP contribution in [0.5, 0.6) is 0 Å². The second-order valence-corrected chi connectivity index (χ2v) is 7.67. The summed E-state index contributed by atoms with van der Waals surface area (Å²) in [5, 5.41) is 9.78. The molecule has 32 heavy (non-hydrogen) atoms. The highest BCUT2D eigenvalue weighted by atomic mass is 35.5. The zero-order valence-corrected chi connectivity index (χ0v) is 18.2. The van der Waals surface area contributed by atoms with Crippen LogP contribution in [0.2, 0.25) is 5.02 Å². The standard InChI is InChI=1S/C22H20ClF3N4O2/c1-12-10-13(2)30(29-12)14(3)20(31)28-19-9-8-17(11-18(19)23)27-21(32)15-4-6-16(7-5-15)22(24,25)26/h4-11,14H,1-3H3,(H,27,32)(H,28,31). The van der Waals surface area contributed by atoms with E-state index >= 15 is 0 Å². The minimum absolute atomic E-state index is 0.0604. The van der Waals surface area contributed by atoms with Crippen molar-refractivity contribution in [3.05, 3.63) is 76.1 Å². The van der Waals surface area contributed by atoms with Crippen molar-refractivity contribution in [1.29, 1.82) is 0 Å². The fraction of sp³-hybridized carbons (Fsp3) is 0.227. The molecule has 0 saturated carbocycles. The lowest BCUT2D eigenvalue weighted by Gasteiger charge is -2.16. The number of halogens is 4. The molecule has 168 valence electrons. The highest BCUT2D eigenvalue weighted by molar-refractivity contribution is 6.34. The Hall–Kier alpha value is -3.33. The van der Waals surface area contributed by atoms with E-state index in [2.05, 4.69) is 15.7 Å². The molecule has 1 aromatic heterocycles. The van der Waals surface area contributed by atoms with E-state index < -0.39 is 23.7 Å². The van der Waals surface area contributed by atoms with Crippen molar-refractivity contribution in [2.45, 2.75) is 33.0 Å². The number of hydrogen-bond acceptors (Lipinski definition) is 3. The highest BCUT2D eigenvalue weighted by Crippen LogP contribution is 2.30. The largest absolute Gasteiger partial charge is 0.416 e. The molecule has 2 aromatic carbocycles. The molecular formula is C22H20ClF3N4O2. The number of nitrogens with zero attached hydrogens (tertiary/aromatic N) is 2. The fourth-order valence-electron chi connectivity index (χ4n) is 3.09. The van der Waals surface area contributed by atoms with Crippen molar-refractivity contribution in [3.63, 3.8) is 0 Å². The number of alkyl halides is 3. The van der Waals surface area contributed by atoms with E-state index in [0.717, 1.165) is 35.7 Å². The number of anilines is 2. The van der Waals surface area contributed by atoms with E-state index in [1.165, 1.54) is 18.2 Å². The Morgan fingerprint density at radius 1 is 1.03 bits per heavy atom. The topological polar surface area (TPSA) is 76.0 Å². The maximum atomic E-state index is 12.7. The van der Waals surface area contributed by atoms with Crippen molar-refractivity contribution in [1.82, 2.24) is 9.78 Å². The van der Waals surface area contributed by atoms with Crippen molar-refractivity contribution in [2.24, 2.45) is 0 Å². The zero-order chi connectivity index (χ0) is 23.6. The fourth-order valence-corrected chi connectivity index (χ4v) is 3.32. The number of aryl methyl sites for hydroxylation is 2. The molecule has 6 nitrogen and oxygen atoms in total. The smallest absolute Gasteiger partial charge is 0.323 e. The molecule has 1 heterocycles. The molecule has 0 aliphatic carbocycles. The lowest BCUT2D eigenvalue weighted by atomic mass is 10.1. The molecule has 1 unspecified atom stereocenters. The number of rotatable bonds is 5. The van der Waals surface area contributed by atoms with Crippen LogP contribution >= 0.6 is 11.6 Å². The van der Waals surface area contributed by atoms with Crippen LogP contribution in [0, 0.1) is 13.8 Å². The first-order chi connectivity index (χ1) is 15.0. The Balaban J connectivity index is 1.67. The van der Waals surface area contributed by atoms with E-state index in [1.807, 2.05) is 19.9 Å². The van der Waals surface area contributed by atoms with Crippen LogP contribution in [0.4, 0.5) is 24.5 Å². The van der Waals surface area contributed by atoms with E-state index in [0.29, 0.717) is 11.4 Å². The van der Waals surface area contributed by atoms with Crippen molar-refractivity contribution >= 4 is 34.8 Å². The van der Waals surface area contributed by atoms with Gasteiger partial charge >= 0.3 is 6.18 Å². The summed E-state index contributed by atoms with van der Waals surface area (Å²) in [7, 11) is 0. The Morgan fingerprint density at radius 3 is 2.22 bits per heavy atom. The van der Waals surface area contributed by atoms with Gasteiger partial charge < -0.3 is 10.6 Å². The Kier molecular flexibility index (Phi) is 6.59. The molecular weight excluding hydrogens is 445 g/mol. The van der Waals surface area contributed by atoms with Crippen LogP contribution in [0.1, 0.15) is 40.3 Å². The molecule has 0 radical (unpaired) electrons. The third-order valence-corrected chi connectivity index (χ3v) is 5.06. The number of benzene rings is 2. The first-order valence-electron chi connectivity index (χ1n) is 9.57. The van der Waals surface area contributed by atoms with Gasteiger partial charge in [0.25, 0.3) is 5.91 Å². The van der Waals surface area contributed by atoms with Gasteiger partial charge in [0.05, 0.1) is 22.0 Å². The van der Waals surface area contributed by atoms with Crippen LogP contribution in [-0.4, -0.2) is 21.6 Å². The number of aromatic nitrogens is 2. The van der Waals surface area contributed by atoms with Crippen LogP contribution in [0.3, 0.4) is 0 Å².